The Bertz CT molecular complexity index is 918. The predicted molar refractivity (Wildman–Crippen MR) is 106 cm³/mol. The molecule has 1 unspecified atom stereocenters. The first-order valence-corrected chi connectivity index (χ1v) is 8.69. The van der Waals surface area contributed by atoms with Gasteiger partial charge in [-0.25, -0.2) is 0 Å². The molecule has 1 N–H and O–H groups in total. The third-order valence-electron chi connectivity index (χ3n) is 4.52. The molecule has 0 amide bonds. The second kappa shape index (κ2) is 8.63. The minimum atomic E-state index is -0.958. The molecule has 0 bridgehead atoms. The molecule has 0 aliphatic carbocycles. The number of pyridine rings is 1. The van der Waals surface area contributed by atoms with Gasteiger partial charge in [0.05, 0.1) is 28.4 Å². The molecule has 1 atom stereocenters. The lowest BCUT2D eigenvalue weighted by atomic mass is 9.96. The standard InChI is InChI=1S/C22H23NO5/c1-25-18-8-7-14(15-6-5-9-23-13-15)10-17(18)21(24)16-11-19(26-2)22(28-4)20(12-16)27-3/h5-13,21,24H,1-4H3. The minimum Gasteiger partial charge on any atom is -0.496 e. The molecule has 0 aliphatic heterocycles. The molecular formula is C22H23NO5. The number of aromatic nitrogens is 1. The largest absolute Gasteiger partial charge is 0.496 e. The van der Waals surface area contributed by atoms with E-state index >= 15 is 0 Å². The molecule has 0 fully saturated rings. The molecule has 0 spiro atoms. The van der Waals surface area contributed by atoms with E-state index in [1.54, 1.807) is 31.6 Å². The third kappa shape index (κ3) is 3.73. The molecule has 6 nitrogen and oxygen atoms in total. The second-order valence-corrected chi connectivity index (χ2v) is 6.06. The average Bonchev–Trinajstić information content (AvgIpc) is 2.77. The highest BCUT2D eigenvalue weighted by atomic mass is 16.5. The molecule has 0 radical (unpaired) electrons. The lowest BCUT2D eigenvalue weighted by molar-refractivity contribution is 0.213. The SMILES string of the molecule is COc1ccc(-c2cccnc2)cc1C(O)c1cc(OC)c(OC)c(OC)c1. The summed E-state index contributed by atoms with van der Waals surface area (Å²) in [5.41, 5.74) is 3.09. The molecule has 28 heavy (non-hydrogen) atoms. The van der Waals surface area contributed by atoms with Gasteiger partial charge in [0, 0.05) is 23.5 Å². The van der Waals surface area contributed by atoms with Crippen molar-refractivity contribution in [1.82, 2.24) is 4.98 Å². The summed E-state index contributed by atoms with van der Waals surface area (Å²) in [7, 11) is 6.19. The molecule has 3 rings (SSSR count). The maximum Gasteiger partial charge on any atom is 0.203 e. The Morgan fingerprint density at radius 1 is 0.786 bits per heavy atom. The first-order chi connectivity index (χ1) is 13.6. The van der Waals surface area contributed by atoms with Crippen LogP contribution in [0.4, 0.5) is 0 Å². The smallest absolute Gasteiger partial charge is 0.203 e. The highest BCUT2D eigenvalue weighted by molar-refractivity contribution is 5.66. The van der Waals surface area contributed by atoms with Crippen molar-refractivity contribution in [3.8, 4) is 34.1 Å². The van der Waals surface area contributed by atoms with Crippen LogP contribution in [0.2, 0.25) is 0 Å². The Hall–Kier alpha value is -3.25. The lowest BCUT2D eigenvalue weighted by Gasteiger charge is -2.19. The van der Waals surface area contributed by atoms with Crippen LogP contribution in [-0.2, 0) is 0 Å². The van der Waals surface area contributed by atoms with E-state index in [4.69, 9.17) is 18.9 Å². The van der Waals surface area contributed by atoms with Crippen LogP contribution in [0.1, 0.15) is 17.2 Å². The van der Waals surface area contributed by atoms with E-state index in [9.17, 15) is 5.11 Å². The topological polar surface area (TPSA) is 70.0 Å². The van der Waals surface area contributed by atoms with Crippen LogP contribution < -0.4 is 18.9 Å². The van der Waals surface area contributed by atoms with Crippen LogP contribution in [-0.4, -0.2) is 38.5 Å². The summed E-state index contributed by atoms with van der Waals surface area (Å²) in [6.45, 7) is 0. The van der Waals surface area contributed by atoms with Gasteiger partial charge >= 0.3 is 0 Å². The minimum absolute atomic E-state index is 0.469. The van der Waals surface area contributed by atoms with Crippen molar-refractivity contribution in [2.75, 3.05) is 28.4 Å². The summed E-state index contributed by atoms with van der Waals surface area (Å²) in [6.07, 6.45) is 2.54. The van der Waals surface area contributed by atoms with Crippen molar-refractivity contribution in [3.63, 3.8) is 0 Å². The maximum absolute atomic E-state index is 11.1. The molecule has 1 heterocycles. The summed E-state index contributed by atoms with van der Waals surface area (Å²) in [5.74, 6) is 1.99. The summed E-state index contributed by atoms with van der Waals surface area (Å²) < 4.78 is 21.6. The number of ether oxygens (including phenoxy) is 4. The van der Waals surface area contributed by atoms with Gasteiger partial charge in [-0.15, -0.1) is 0 Å². The Labute approximate surface area is 164 Å². The summed E-state index contributed by atoms with van der Waals surface area (Å²) in [5, 5.41) is 11.1. The van der Waals surface area contributed by atoms with Crippen molar-refractivity contribution in [1.29, 1.82) is 0 Å². The van der Waals surface area contributed by atoms with Crippen LogP contribution in [0.3, 0.4) is 0 Å². The number of methoxy groups -OCH3 is 4. The van der Waals surface area contributed by atoms with Gasteiger partial charge in [-0.1, -0.05) is 12.1 Å². The molecular weight excluding hydrogens is 358 g/mol. The highest BCUT2D eigenvalue weighted by Gasteiger charge is 2.21. The van der Waals surface area contributed by atoms with Gasteiger partial charge in [0.2, 0.25) is 5.75 Å². The van der Waals surface area contributed by atoms with E-state index in [0.29, 0.717) is 34.1 Å². The first kappa shape index (κ1) is 19.5. The van der Waals surface area contributed by atoms with Crippen molar-refractivity contribution in [3.05, 3.63) is 66.0 Å². The van der Waals surface area contributed by atoms with E-state index < -0.39 is 6.10 Å². The zero-order valence-corrected chi connectivity index (χ0v) is 16.3. The zero-order valence-electron chi connectivity index (χ0n) is 16.3. The van der Waals surface area contributed by atoms with Crippen LogP contribution >= 0.6 is 0 Å². The number of nitrogens with zero attached hydrogens (tertiary/aromatic N) is 1. The summed E-state index contributed by atoms with van der Waals surface area (Å²) in [6, 6.07) is 12.9. The Balaban J connectivity index is 2.10. The molecule has 146 valence electrons. The number of hydrogen-bond donors (Lipinski definition) is 1. The van der Waals surface area contributed by atoms with Gasteiger partial charge in [-0.2, -0.15) is 0 Å². The fourth-order valence-electron chi connectivity index (χ4n) is 3.10. The molecule has 1 aromatic heterocycles. The van der Waals surface area contributed by atoms with Crippen LogP contribution in [0, 0.1) is 0 Å². The van der Waals surface area contributed by atoms with Crippen molar-refractivity contribution in [2.24, 2.45) is 0 Å². The molecule has 3 aromatic rings. The van der Waals surface area contributed by atoms with E-state index in [2.05, 4.69) is 4.98 Å². The van der Waals surface area contributed by atoms with Crippen molar-refractivity contribution >= 4 is 0 Å². The third-order valence-corrected chi connectivity index (χ3v) is 4.52. The number of hydrogen-bond acceptors (Lipinski definition) is 6. The zero-order chi connectivity index (χ0) is 20.1. The number of rotatable bonds is 7. The Kier molecular flexibility index (Phi) is 6.01. The maximum atomic E-state index is 11.1. The van der Waals surface area contributed by atoms with Crippen molar-refractivity contribution < 1.29 is 24.1 Å². The number of aliphatic hydroxyl groups is 1. The van der Waals surface area contributed by atoms with Crippen LogP contribution in [0.5, 0.6) is 23.0 Å². The fourth-order valence-corrected chi connectivity index (χ4v) is 3.10. The Morgan fingerprint density at radius 2 is 1.46 bits per heavy atom. The number of aliphatic hydroxyl groups excluding tert-OH is 1. The summed E-state index contributed by atoms with van der Waals surface area (Å²) in [4.78, 5) is 4.16. The predicted octanol–water partition coefficient (Wildman–Crippen LogP) is 3.86. The number of benzene rings is 2. The van der Waals surface area contributed by atoms with E-state index in [-0.39, 0.29) is 0 Å². The van der Waals surface area contributed by atoms with E-state index in [1.807, 2.05) is 30.3 Å². The normalized spacial score (nSPS) is 11.6. The average molecular weight is 381 g/mol. The molecule has 0 aliphatic rings. The highest BCUT2D eigenvalue weighted by Crippen LogP contribution is 2.42. The quantitative estimate of drug-likeness (QED) is 0.670. The fraction of sp³-hybridized carbons (Fsp3) is 0.227. The van der Waals surface area contributed by atoms with Gasteiger partial charge in [0.25, 0.3) is 0 Å². The van der Waals surface area contributed by atoms with Crippen molar-refractivity contribution in [2.45, 2.75) is 6.10 Å². The van der Waals surface area contributed by atoms with Gasteiger partial charge < -0.3 is 24.1 Å². The molecule has 0 saturated heterocycles. The molecule has 0 saturated carbocycles. The van der Waals surface area contributed by atoms with Gasteiger partial charge in [-0.3, -0.25) is 4.98 Å². The molecule has 6 heteroatoms. The first-order valence-electron chi connectivity index (χ1n) is 8.69. The monoisotopic (exact) mass is 381 g/mol. The van der Waals surface area contributed by atoms with Gasteiger partial charge in [0.1, 0.15) is 11.9 Å². The molecule has 2 aromatic carbocycles. The van der Waals surface area contributed by atoms with Gasteiger partial charge in [0.15, 0.2) is 11.5 Å². The van der Waals surface area contributed by atoms with E-state index in [0.717, 1.165) is 11.1 Å². The Morgan fingerprint density at radius 3 is 2.00 bits per heavy atom. The van der Waals surface area contributed by atoms with Crippen LogP contribution in [0.15, 0.2) is 54.9 Å². The van der Waals surface area contributed by atoms with Crippen LogP contribution in [0.25, 0.3) is 11.1 Å². The van der Waals surface area contributed by atoms with E-state index in [1.165, 1.54) is 21.3 Å². The summed E-state index contributed by atoms with van der Waals surface area (Å²) >= 11 is 0. The lowest BCUT2D eigenvalue weighted by Crippen LogP contribution is -2.05. The van der Waals surface area contributed by atoms with Gasteiger partial charge in [-0.05, 0) is 41.5 Å². The second-order valence-electron chi connectivity index (χ2n) is 6.06.